The summed E-state index contributed by atoms with van der Waals surface area (Å²) in [6, 6.07) is 16.4. The fraction of sp³-hybridized carbons (Fsp3) is 0.346. The number of carbonyl (C=O) groups excluding carboxylic acids is 2. The molecule has 166 valence electrons. The topological polar surface area (TPSA) is 53.5 Å². The summed E-state index contributed by atoms with van der Waals surface area (Å²) >= 11 is 1.71. The number of pyridine rings is 1. The van der Waals surface area contributed by atoms with Gasteiger partial charge in [0.05, 0.1) is 5.92 Å². The lowest BCUT2D eigenvalue weighted by molar-refractivity contribution is -0.134. The Morgan fingerprint density at radius 2 is 1.91 bits per heavy atom. The Morgan fingerprint density at radius 3 is 2.66 bits per heavy atom. The third kappa shape index (κ3) is 5.25. The van der Waals surface area contributed by atoms with Gasteiger partial charge in [-0.1, -0.05) is 30.3 Å². The van der Waals surface area contributed by atoms with Crippen molar-refractivity contribution in [3.63, 3.8) is 0 Å². The highest BCUT2D eigenvalue weighted by atomic mass is 32.1. The van der Waals surface area contributed by atoms with Crippen LogP contribution in [-0.4, -0.2) is 52.8 Å². The van der Waals surface area contributed by atoms with Crippen LogP contribution >= 0.6 is 11.3 Å². The molecule has 2 amide bonds. The van der Waals surface area contributed by atoms with Gasteiger partial charge in [-0.05, 0) is 60.0 Å². The van der Waals surface area contributed by atoms with E-state index in [1.165, 1.54) is 10.4 Å². The molecule has 0 bridgehead atoms. The van der Waals surface area contributed by atoms with Crippen LogP contribution < -0.4 is 0 Å². The van der Waals surface area contributed by atoms with Crippen molar-refractivity contribution >= 4 is 23.2 Å². The summed E-state index contributed by atoms with van der Waals surface area (Å²) < 4.78 is 0. The van der Waals surface area contributed by atoms with E-state index in [1.807, 2.05) is 41.0 Å². The van der Waals surface area contributed by atoms with Crippen LogP contribution in [0.15, 0.2) is 66.3 Å². The Kier molecular flexibility index (Phi) is 7.32. The van der Waals surface area contributed by atoms with Gasteiger partial charge in [0.1, 0.15) is 0 Å². The Morgan fingerprint density at radius 1 is 1.09 bits per heavy atom. The second kappa shape index (κ2) is 10.6. The Labute approximate surface area is 193 Å². The lowest BCUT2D eigenvalue weighted by atomic mass is 9.93. The van der Waals surface area contributed by atoms with Crippen LogP contribution in [0, 0.1) is 5.92 Å². The average molecular weight is 448 g/mol. The first-order chi connectivity index (χ1) is 15.7. The normalized spacial score (nSPS) is 16.8. The number of rotatable bonds is 7. The van der Waals surface area contributed by atoms with Crippen LogP contribution in [-0.2, 0) is 22.4 Å². The van der Waals surface area contributed by atoms with Crippen LogP contribution in [0.2, 0.25) is 0 Å². The molecule has 6 heteroatoms. The minimum absolute atomic E-state index is 0.115. The molecule has 1 fully saturated rings. The van der Waals surface area contributed by atoms with Crippen molar-refractivity contribution in [2.45, 2.75) is 26.2 Å². The van der Waals surface area contributed by atoms with Crippen molar-refractivity contribution in [1.29, 1.82) is 0 Å². The van der Waals surface area contributed by atoms with Gasteiger partial charge in [0.2, 0.25) is 11.8 Å². The zero-order valence-electron chi connectivity index (χ0n) is 18.4. The summed E-state index contributed by atoms with van der Waals surface area (Å²) in [7, 11) is 0. The lowest BCUT2D eigenvalue weighted by Gasteiger charge is -2.24. The summed E-state index contributed by atoms with van der Waals surface area (Å²) in [5.74, 6) is 0.0328. The number of thiophene rings is 1. The number of carbonyl (C=O) groups is 2. The largest absolute Gasteiger partial charge is 0.341 e. The van der Waals surface area contributed by atoms with Crippen molar-refractivity contribution in [1.82, 2.24) is 14.8 Å². The molecule has 1 aliphatic heterocycles. The maximum atomic E-state index is 13.3. The van der Waals surface area contributed by atoms with E-state index in [-0.39, 0.29) is 17.7 Å². The number of aromatic nitrogens is 1. The first-order valence-corrected chi connectivity index (χ1v) is 12.1. The zero-order chi connectivity index (χ0) is 22.3. The number of benzene rings is 1. The highest BCUT2D eigenvalue weighted by Gasteiger charge is 2.32. The van der Waals surface area contributed by atoms with Crippen LogP contribution in [0.5, 0.6) is 0 Å². The molecule has 0 N–H and O–H groups in total. The SMILES string of the molecule is CCN1CCN(C(=O)CCc2ccncc2)C[C@H](Cc2ccccc2-c2cccs2)C1=O. The highest BCUT2D eigenvalue weighted by Crippen LogP contribution is 2.30. The minimum Gasteiger partial charge on any atom is -0.341 e. The lowest BCUT2D eigenvalue weighted by Crippen LogP contribution is -2.38. The fourth-order valence-corrected chi connectivity index (χ4v) is 5.12. The fourth-order valence-electron chi connectivity index (χ4n) is 4.33. The van der Waals surface area contributed by atoms with Gasteiger partial charge in [0.25, 0.3) is 0 Å². The molecule has 1 saturated heterocycles. The summed E-state index contributed by atoms with van der Waals surface area (Å²) in [5.41, 5.74) is 3.45. The first kappa shape index (κ1) is 22.2. The Bertz CT molecular complexity index is 1040. The van der Waals surface area contributed by atoms with Crippen molar-refractivity contribution in [3.8, 4) is 10.4 Å². The van der Waals surface area contributed by atoms with E-state index < -0.39 is 0 Å². The third-order valence-electron chi connectivity index (χ3n) is 6.12. The number of aryl methyl sites for hydroxylation is 1. The summed E-state index contributed by atoms with van der Waals surface area (Å²) in [6.45, 7) is 4.34. The van der Waals surface area contributed by atoms with Crippen molar-refractivity contribution < 1.29 is 9.59 Å². The minimum atomic E-state index is -0.233. The molecule has 1 aliphatic rings. The molecule has 2 aromatic heterocycles. The van der Waals surface area contributed by atoms with Crippen molar-refractivity contribution in [2.24, 2.45) is 5.92 Å². The van der Waals surface area contributed by atoms with Crippen LogP contribution in [0.4, 0.5) is 0 Å². The molecular formula is C26H29N3O2S. The predicted octanol–water partition coefficient (Wildman–Crippen LogP) is 4.29. The van der Waals surface area contributed by atoms with E-state index in [1.54, 1.807) is 23.7 Å². The molecule has 3 aromatic rings. The van der Waals surface area contributed by atoms with Crippen molar-refractivity contribution in [3.05, 3.63) is 77.4 Å². The van der Waals surface area contributed by atoms with Crippen LogP contribution in [0.25, 0.3) is 10.4 Å². The summed E-state index contributed by atoms with van der Waals surface area (Å²) in [5, 5.41) is 2.07. The van der Waals surface area contributed by atoms with E-state index in [9.17, 15) is 9.59 Å². The van der Waals surface area contributed by atoms with E-state index in [4.69, 9.17) is 0 Å². The van der Waals surface area contributed by atoms with Gasteiger partial charge < -0.3 is 9.80 Å². The molecule has 0 saturated carbocycles. The third-order valence-corrected chi connectivity index (χ3v) is 7.03. The van der Waals surface area contributed by atoms with Gasteiger partial charge in [0, 0.05) is 49.9 Å². The molecule has 3 heterocycles. The van der Waals surface area contributed by atoms with Gasteiger partial charge in [-0.25, -0.2) is 0 Å². The molecule has 1 aromatic carbocycles. The molecule has 1 atom stereocenters. The van der Waals surface area contributed by atoms with Gasteiger partial charge in [-0.2, -0.15) is 0 Å². The maximum absolute atomic E-state index is 13.3. The molecule has 0 spiro atoms. The number of likely N-dealkylation sites (N-methyl/N-ethyl adjacent to an activating group) is 1. The standard InChI is InChI=1S/C26H29N3O2S/c1-2-28-15-16-29(25(30)10-9-20-11-13-27-14-12-20)19-22(26(28)31)18-21-6-3-4-7-23(21)24-8-5-17-32-24/h3-8,11-14,17,22H,2,9-10,15-16,18-19H2,1H3/t22-/m0/s1. The number of hydrogen-bond donors (Lipinski definition) is 0. The van der Waals surface area contributed by atoms with Crippen molar-refractivity contribution in [2.75, 3.05) is 26.2 Å². The first-order valence-electron chi connectivity index (χ1n) is 11.2. The summed E-state index contributed by atoms with van der Waals surface area (Å²) in [6.07, 6.45) is 5.28. The summed E-state index contributed by atoms with van der Waals surface area (Å²) in [4.78, 5) is 35.4. The zero-order valence-corrected chi connectivity index (χ0v) is 19.3. The number of amides is 2. The van der Waals surface area contributed by atoms with Gasteiger partial charge in [-0.15, -0.1) is 11.3 Å². The molecular weight excluding hydrogens is 418 g/mol. The number of hydrogen-bond acceptors (Lipinski definition) is 4. The van der Waals surface area contributed by atoms with E-state index in [0.717, 1.165) is 11.1 Å². The molecule has 4 rings (SSSR count). The highest BCUT2D eigenvalue weighted by molar-refractivity contribution is 7.13. The Balaban J connectivity index is 1.51. The van der Waals surface area contributed by atoms with Gasteiger partial charge in [0.15, 0.2) is 0 Å². The maximum Gasteiger partial charge on any atom is 0.227 e. The monoisotopic (exact) mass is 447 g/mol. The molecule has 0 unspecified atom stereocenters. The molecule has 5 nitrogen and oxygen atoms in total. The van der Waals surface area contributed by atoms with E-state index >= 15 is 0 Å². The van der Waals surface area contributed by atoms with E-state index in [0.29, 0.717) is 45.4 Å². The Hall–Kier alpha value is -2.99. The second-order valence-corrected chi connectivity index (χ2v) is 9.10. The van der Waals surface area contributed by atoms with E-state index in [2.05, 4.69) is 34.6 Å². The van der Waals surface area contributed by atoms with Crippen LogP contribution in [0.1, 0.15) is 24.5 Å². The number of nitrogens with zero attached hydrogens (tertiary/aromatic N) is 3. The van der Waals surface area contributed by atoms with Gasteiger partial charge >= 0.3 is 0 Å². The molecule has 0 radical (unpaired) electrons. The average Bonchev–Trinajstić information content (AvgIpc) is 3.32. The second-order valence-electron chi connectivity index (χ2n) is 8.15. The molecule has 32 heavy (non-hydrogen) atoms. The van der Waals surface area contributed by atoms with Crippen LogP contribution in [0.3, 0.4) is 0 Å². The quantitative estimate of drug-likeness (QED) is 0.543. The van der Waals surface area contributed by atoms with Gasteiger partial charge in [-0.3, -0.25) is 14.6 Å². The molecule has 0 aliphatic carbocycles. The smallest absolute Gasteiger partial charge is 0.227 e. The predicted molar refractivity (Wildman–Crippen MR) is 128 cm³/mol.